The average molecular weight is 236 g/mol. The van der Waals surface area contributed by atoms with E-state index in [1.807, 2.05) is 0 Å². The molecular weight excluding hydrogens is 228 g/mol. The molecule has 0 aliphatic rings. The molecule has 1 N–H and O–H groups in total. The van der Waals surface area contributed by atoms with Gasteiger partial charge in [0.25, 0.3) is 10.1 Å². The predicted molar refractivity (Wildman–Crippen MR) is 59.2 cm³/mol. The second-order valence-corrected chi connectivity index (χ2v) is 4.78. The van der Waals surface area contributed by atoms with E-state index in [4.69, 9.17) is 4.55 Å². The zero-order valence-electron chi connectivity index (χ0n) is 8.12. The smallest absolute Gasteiger partial charge is 0.294 e. The normalized spacial score (nSPS) is 11.6. The first kappa shape index (κ1) is 10.8. The molecule has 5 heteroatoms. The fraction of sp³-hybridized carbons (Fsp3) is 0. The highest BCUT2D eigenvalue weighted by molar-refractivity contribution is 7.85. The van der Waals surface area contributed by atoms with Gasteiger partial charge in [-0.25, -0.2) is 0 Å². The van der Waals surface area contributed by atoms with E-state index in [2.05, 4.69) is 0 Å². The molecule has 0 bridgehead atoms. The summed E-state index contributed by atoms with van der Waals surface area (Å²) in [6.45, 7) is 0. The summed E-state index contributed by atoms with van der Waals surface area (Å²) in [4.78, 5) is 10.4. The Bertz CT molecular complexity index is 659. The van der Waals surface area contributed by atoms with Crippen LogP contribution < -0.4 is 0 Å². The van der Waals surface area contributed by atoms with Gasteiger partial charge in [0.2, 0.25) is 0 Å². The molecular formula is C11H8O4S. The van der Waals surface area contributed by atoms with Crippen molar-refractivity contribution in [3.63, 3.8) is 0 Å². The number of hydrogen-bond donors (Lipinski definition) is 1. The minimum atomic E-state index is -4.20. The molecule has 0 heterocycles. The third-order valence-corrected chi connectivity index (χ3v) is 3.12. The van der Waals surface area contributed by atoms with E-state index in [-0.39, 0.29) is 4.90 Å². The zero-order valence-corrected chi connectivity index (χ0v) is 8.94. The summed E-state index contributed by atoms with van der Waals surface area (Å²) in [6.07, 6.45) is 0.680. The highest BCUT2D eigenvalue weighted by Gasteiger charge is 2.09. The van der Waals surface area contributed by atoms with Gasteiger partial charge < -0.3 is 0 Å². The summed E-state index contributed by atoms with van der Waals surface area (Å²) in [5.41, 5.74) is 0.458. The van der Waals surface area contributed by atoms with Gasteiger partial charge in [0.1, 0.15) is 6.29 Å². The van der Waals surface area contributed by atoms with E-state index in [1.165, 1.54) is 12.1 Å². The number of benzene rings is 2. The van der Waals surface area contributed by atoms with Crippen molar-refractivity contribution in [2.24, 2.45) is 0 Å². The molecule has 0 spiro atoms. The Morgan fingerprint density at radius 3 is 2.31 bits per heavy atom. The molecule has 0 aliphatic heterocycles. The number of rotatable bonds is 2. The quantitative estimate of drug-likeness (QED) is 0.638. The number of hydrogen-bond acceptors (Lipinski definition) is 3. The van der Waals surface area contributed by atoms with Crippen LogP contribution in [-0.2, 0) is 10.1 Å². The SMILES string of the molecule is O=Cc1ccc2ccc(S(=O)(=O)O)cc2c1. The van der Waals surface area contributed by atoms with Crippen LogP contribution in [0.5, 0.6) is 0 Å². The first-order chi connectivity index (χ1) is 7.50. The molecule has 0 saturated carbocycles. The summed E-state index contributed by atoms with van der Waals surface area (Å²) in [7, 11) is -4.20. The molecule has 0 amide bonds. The zero-order chi connectivity index (χ0) is 11.8. The van der Waals surface area contributed by atoms with Crippen molar-refractivity contribution in [2.75, 3.05) is 0 Å². The van der Waals surface area contributed by atoms with Gasteiger partial charge in [0, 0.05) is 5.56 Å². The maximum absolute atomic E-state index is 10.9. The third kappa shape index (κ3) is 1.95. The summed E-state index contributed by atoms with van der Waals surface area (Å²) in [5, 5.41) is 1.40. The maximum Gasteiger partial charge on any atom is 0.294 e. The van der Waals surface area contributed by atoms with Gasteiger partial charge in [-0.3, -0.25) is 9.35 Å². The van der Waals surface area contributed by atoms with Gasteiger partial charge in [-0.1, -0.05) is 18.2 Å². The van der Waals surface area contributed by atoms with Crippen LogP contribution in [0.3, 0.4) is 0 Å². The molecule has 2 aromatic carbocycles. The Labute approximate surface area is 92.3 Å². The van der Waals surface area contributed by atoms with Crippen LogP contribution in [0.25, 0.3) is 10.8 Å². The van der Waals surface area contributed by atoms with Gasteiger partial charge in [-0.15, -0.1) is 0 Å². The van der Waals surface area contributed by atoms with E-state index in [9.17, 15) is 13.2 Å². The lowest BCUT2D eigenvalue weighted by Crippen LogP contribution is -1.97. The lowest BCUT2D eigenvalue weighted by atomic mass is 10.1. The van der Waals surface area contributed by atoms with Gasteiger partial charge in [-0.2, -0.15) is 8.42 Å². The second-order valence-electron chi connectivity index (χ2n) is 3.36. The van der Waals surface area contributed by atoms with E-state index in [0.29, 0.717) is 17.2 Å². The lowest BCUT2D eigenvalue weighted by Gasteiger charge is -2.01. The van der Waals surface area contributed by atoms with Crippen LogP contribution in [-0.4, -0.2) is 19.3 Å². The molecule has 0 fully saturated rings. The highest BCUT2D eigenvalue weighted by Crippen LogP contribution is 2.19. The van der Waals surface area contributed by atoms with Gasteiger partial charge in [-0.05, 0) is 29.0 Å². The molecule has 2 aromatic rings. The molecule has 0 aromatic heterocycles. The predicted octanol–water partition coefficient (Wildman–Crippen LogP) is 1.90. The third-order valence-electron chi connectivity index (χ3n) is 2.27. The second kappa shape index (κ2) is 3.70. The Morgan fingerprint density at radius 1 is 1.00 bits per heavy atom. The molecule has 0 aliphatic carbocycles. The Morgan fingerprint density at radius 2 is 1.69 bits per heavy atom. The minimum absolute atomic E-state index is 0.178. The van der Waals surface area contributed by atoms with Crippen LogP contribution in [0.15, 0.2) is 41.3 Å². The first-order valence-electron chi connectivity index (χ1n) is 4.47. The summed E-state index contributed by atoms with van der Waals surface area (Å²) >= 11 is 0. The van der Waals surface area contributed by atoms with Crippen LogP contribution in [0.1, 0.15) is 10.4 Å². The van der Waals surface area contributed by atoms with E-state index < -0.39 is 10.1 Å². The van der Waals surface area contributed by atoms with Crippen molar-refractivity contribution in [3.8, 4) is 0 Å². The molecule has 82 valence electrons. The standard InChI is InChI=1S/C11H8O4S/c12-7-8-1-2-9-3-4-11(16(13,14)15)6-10(9)5-8/h1-7H,(H,13,14,15). The topological polar surface area (TPSA) is 71.4 Å². The first-order valence-corrected chi connectivity index (χ1v) is 5.91. The van der Waals surface area contributed by atoms with Crippen molar-refractivity contribution < 1.29 is 17.8 Å². The fourth-order valence-corrected chi connectivity index (χ4v) is 1.99. The van der Waals surface area contributed by atoms with Crippen LogP contribution in [0.4, 0.5) is 0 Å². The molecule has 0 radical (unpaired) electrons. The number of fused-ring (bicyclic) bond motifs is 1. The van der Waals surface area contributed by atoms with Gasteiger partial charge >= 0.3 is 0 Å². The fourth-order valence-electron chi connectivity index (χ4n) is 1.48. The van der Waals surface area contributed by atoms with E-state index >= 15 is 0 Å². The van der Waals surface area contributed by atoms with Gasteiger partial charge in [0.05, 0.1) is 4.90 Å². The van der Waals surface area contributed by atoms with Crippen molar-refractivity contribution >= 4 is 27.2 Å². The molecule has 2 rings (SSSR count). The van der Waals surface area contributed by atoms with E-state index in [0.717, 1.165) is 5.39 Å². The molecule has 16 heavy (non-hydrogen) atoms. The monoisotopic (exact) mass is 236 g/mol. The molecule has 0 atom stereocenters. The van der Waals surface area contributed by atoms with Gasteiger partial charge in [0.15, 0.2) is 0 Å². The van der Waals surface area contributed by atoms with Crippen LogP contribution in [0.2, 0.25) is 0 Å². The van der Waals surface area contributed by atoms with Crippen LogP contribution in [0, 0.1) is 0 Å². The lowest BCUT2D eigenvalue weighted by molar-refractivity contribution is 0.112. The van der Waals surface area contributed by atoms with Crippen molar-refractivity contribution in [3.05, 3.63) is 42.0 Å². The minimum Gasteiger partial charge on any atom is -0.298 e. The molecule has 4 nitrogen and oxygen atoms in total. The Kier molecular flexibility index (Phi) is 2.49. The molecule has 0 saturated heterocycles. The Hall–Kier alpha value is -1.72. The summed E-state index contributed by atoms with van der Waals surface area (Å²) in [5.74, 6) is 0. The highest BCUT2D eigenvalue weighted by atomic mass is 32.2. The van der Waals surface area contributed by atoms with Crippen molar-refractivity contribution in [1.82, 2.24) is 0 Å². The Balaban J connectivity index is 2.73. The maximum atomic E-state index is 10.9. The largest absolute Gasteiger partial charge is 0.298 e. The molecule has 0 unspecified atom stereocenters. The van der Waals surface area contributed by atoms with Crippen LogP contribution >= 0.6 is 0 Å². The van der Waals surface area contributed by atoms with E-state index in [1.54, 1.807) is 24.3 Å². The van der Waals surface area contributed by atoms with Crippen molar-refractivity contribution in [1.29, 1.82) is 0 Å². The van der Waals surface area contributed by atoms with Crippen molar-refractivity contribution in [2.45, 2.75) is 4.90 Å². The number of carbonyl (C=O) groups is 1. The number of aldehydes is 1. The summed E-state index contributed by atoms with van der Waals surface area (Å²) in [6, 6.07) is 9.15. The average Bonchev–Trinajstić information content (AvgIpc) is 2.26. The summed E-state index contributed by atoms with van der Waals surface area (Å²) < 4.78 is 30.7. The number of carbonyl (C=O) groups excluding carboxylic acids is 1.